The normalized spacial score (nSPS) is 12.5. The van der Waals surface area contributed by atoms with Crippen molar-refractivity contribution in [2.45, 2.75) is 176 Å². The van der Waals surface area contributed by atoms with Gasteiger partial charge in [-0.2, -0.15) is 9.67 Å². The number of nitrogens with one attached hydrogen (secondary N) is 3. The number of fused-ring (bicyclic) bond motifs is 7. The van der Waals surface area contributed by atoms with Crippen molar-refractivity contribution in [2.75, 3.05) is 47.0 Å². The van der Waals surface area contributed by atoms with Gasteiger partial charge in [0.05, 0.1) is 45.2 Å². The average molecular weight is 1920 g/mol. The molecule has 3 heterocycles. The number of ether oxygens (including phenoxy) is 2. The zero-order chi connectivity index (χ0) is 85.5. The quantitative estimate of drug-likeness (QED) is 0.0109. The third kappa shape index (κ3) is 29.0. The van der Waals surface area contributed by atoms with Crippen molar-refractivity contribution in [1.82, 2.24) is 10.2 Å². The summed E-state index contributed by atoms with van der Waals surface area (Å²) in [6.45, 7) is 8.14. The van der Waals surface area contributed by atoms with Crippen molar-refractivity contribution in [1.29, 1.82) is 0 Å². The number of anilines is 3. The lowest BCUT2D eigenvalue weighted by Crippen LogP contribution is -2.37. The third-order valence-electron chi connectivity index (χ3n) is 21.0. The Morgan fingerprint density at radius 1 is 0.484 bits per heavy atom. The van der Waals surface area contributed by atoms with Crippen LogP contribution in [0.2, 0.25) is 0 Å². The molecule has 0 unspecified atom stereocenters. The molecule has 0 saturated carbocycles. The van der Waals surface area contributed by atoms with Crippen LogP contribution < -0.4 is 34.5 Å². The molecule has 1 aliphatic rings. The number of benzene rings is 11. The molecule has 0 fully saturated rings. The van der Waals surface area contributed by atoms with Crippen LogP contribution in [-0.4, -0.2) is 60.6 Å². The fraction of sp³-hybridized carbons (Fsp3) is 0.297. The summed E-state index contributed by atoms with van der Waals surface area (Å²) in [5.74, 6) is 2.02. The van der Waals surface area contributed by atoms with Crippen LogP contribution in [0, 0.1) is 0 Å². The van der Waals surface area contributed by atoms with Crippen LogP contribution in [0.15, 0.2) is 321 Å². The lowest BCUT2D eigenvalue weighted by atomic mass is 10.1. The molecule has 122 heavy (non-hydrogen) atoms. The number of allylic oxidation sites excluding steroid dienone is 4. The lowest BCUT2D eigenvalue weighted by Gasteiger charge is -2.21. The Morgan fingerprint density at radius 3 is 1.58 bits per heavy atom. The van der Waals surface area contributed by atoms with Gasteiger partial charge in [-0.3, -0.25) is 9.52 Å². The number of pyridine rings is 1. The maximum Gasteiger partial charge on any atom is 0.272 e. The van der Waals surface area contributed by atoms with Crippen LogP contribution >= 0.6 is 81.1 Å². The number of nitrogens with zero attached hydrogens (tertiary/aromatic N) is 3. The smallest absolute Gasteiger partial charge is 0.272 e. The number of rotatable bonds is 41. The second kappa shape index (κ2) is 50.3. The SMILES string of the molecule is C(=CC=C1Sc2c(ccc3ccccc23)N1CCOc1cccc2ccccc12)C=Cc1cc[n+](CCOc2cccc3ccccc23)c2ccccc12.CCCCCCCCCCCCCNc1ccccc1SSc1ccccc1NS(=O)(=O)CCCCCCCCCCCC.O=S(=O)(c1ccccc1)C(Br)(Br)Br.O=c1[nH]ncc2ccccc12. The number of sulfone groups is 1. The molecule has 0 aliphatic carbocycles. The van der Waals surface area contributed by atoms with Gasteiger partial charge in [-0.1, -0.05) is 369 Å². The molecule has 0 radical (unpaired) electrons. The summed E-state index contributed by atoms with van der Waals surface area (Å²) in [5.41, 5.74) is 5.26. The van der Waals surface area contributed by atoms with Crippen LogP contribution in [-0.2, 0) is 26.4 Å². The lowest BCUT2D eigenvalue weighted by molar-refractivity contribution is -0.672. The maximum atomic E-state index is 12.9. The predicted octanol–water partition coefficient (Wildman–Crippen LogP) is 28.8. The molecule has 0 saturated heterocycles. The summed E-state index contributed by atoms with van der Waals surface area (Å²) >= 11 is 10.8. The number of alkyl halides is 3. The van der Waals surface area contributed by atoms with Gasteiger partial charge in [-0.15, -0.1) is 0 Å². The fourth-order valence-corrected chi connectivity index (χ4v) is 21.8. The van der Waals surface area contributed by atoms with Gasteiger partial charge in [0.1, 0.15) is 24.7 Å². The Hall–Kier alpha value is -8.64. The van der Waals surface area contributed by atoms with Gasteiger partial charge in [-0.05, 0) is 161 Å². The van der Waals surface area contributed by atoms with Gasteiger partial charge in [-0.25, -0.2) is 21.9 Å². The number of sulfonamides is 1. The predicted molar refractivity (Wildman–Crippen MR) is 531 cm³/mol. The zero-order valence-corrected chi connectivity index (χ0v) is 78.6. The van der Waals surface area contributed by atoms with Gasteiger partial charge < -0.3 is 19.7 Å². The Bertz CT molecular complexity index is 5840. The molecule has 0 bridgehead atoms. The largest absolute Gasteiger partial charge is 0.491 e. The highest BCUT2D eigenvalue weighted by molar-refractivity contribution is 9.42. The van der Waals surface area contributed by atoms with Crippen LogP contribution in [0.25, 0.3) is 60.1 Å². The topological polar surface area (TPSA) is 164 Å². The first-order valence-electron chi connectivity index (χ1n) is 42.8. The highest BCUT2D eigenvalue weighted by atomic mass is 80.0. The number of halogens is 3. The molecular weight excluding hydrogens is 1810 g/mol. The zero-order valence-electron chi connectivity index (χ0n) is 69.8. The first kappa shape index (κ1) is 94.0. The standard InChI is InChI=1S/C49H39N2O2S.C37H62N2O2S3.C8H6N2O.C7H5Br3O2S/c1(2-14-39-30-31-50(44-24-11-10-20-40(39)44)32-34-52-46-25-12-18-36-15-4-7-21-41(36)46)3-27-48-51(45-29-28-38-17-6-9-23-43(38)49(45)54-48)33-35-53-47-26-13-19-37-16-5-8-22-42(37)47;1-3-5-7-9-11-13-15-16-18-20-26-32-38-34-28-22-24-30-36(34)42-43-37-31-25-23-29-35(37)39-44(40,41)33-27-21-19-17-14-12-10-8-6-4-2;11-8-7-4-2-1-3-6(7)5-9-10-8;8-7(9,10)13(11,12)6-4-2-1-3-5-6/h1-31H,32-35H2;22-25,28-31,38-39H,3-21,26-27,32-33H2,1-2H3;1-5H,(H,10,11);1-5H/q+1;;;. The third-order valence-corrected chi connectivity index (χ3v) is 31.4. The molecule has 3 N–H and O–H groups in total. The molecular formula is C101H112Br3N6O7S5+. The molecule has 11 aromatic carbocycles. The van der Waals surface area contributed by atoms with Crippen LogP contribution in [0.5, 0.6) is 11.5 Å². The van der Waals surface area contributed by atoms with E-state index < -0.39 is 21.3 Å². The molecule has 13 nitrogen and oxygen atoms in total. The number of H-pyrrole nitrogens is 1. The maximum absolute atomic E-state index is 12.9. The van der Waals surface area contributed by atoms with Gasteiger partial charge >= 0.3 is 0 Å². The van der Waals surface area contributed by atoms with E-state index in [4.69, 9.17) is 9.47 Å². The number of unbranched alkanes of at least 4 members (excludes halogenated alkanes) is 19. The van der Waals surface area contributed by atoms with Crippen molar-refractivity contribution < 1.29 is 30.9 Å². The molecule has 638 valence electrons. The van der Waals surface area contributed by atoms with E-state index in [-0.39, 0.29) is 16.2 Å². The highest BCUT2D eigenvalue weighted by Crippen LogP contribution is 2.50. The molecule has 2 aromatic heterocycles. The number of aromatic amines is 1. The molecule has 21 heteroatoms. The summed E-state index contributed by atoms with van der Waals surface area (Å²) in [6.07, 6.45) is 41.4. The Labute approximate surface area is 759 Å². The van der Waals surface area contributed by atoms with Crippen LogP contribution in [0.1, 0.15) is 154 Å². The molecule has 0 amide bonds. The summed E-state index contributed by atoms with van der Waals surface area (Å²) in [4.78, 5) is 17.1. The number of para-hydroxylation sites is 3. The Balaban J connectivity index is 0.000000189. The van der Waals surface area contributed by atoms with Crippen LogP contribution in [0.4, 0.5) is 17.1 Å². The molecule has 1 aliphatic heterocycles. The second-order valence-electron chi connectivity index (χ2n) is 30.0. The van der Waals surface area contributed by atoms with E-state index in [2.05, 4.69) is 298 Å². The van der Waals surface area contributed by atoms with Gasteiger partial charge in [0.25, 0.3) is 5.56 Å². The van der Waals surface area contributed by atoms with Crippen molar-refractivity contribution in [3.63, 3.8) is 0 Å². The van der Waals surface area contributed by atoms with E-state index in [1.54, 1.807) is 52.1 Å². The van der Waals surface area contributed by atoms with Crippen LogP contribution in [0.3, 0.4) is 0 Å². The number of aromatic nitrogens is 3. The van der Waals surface area contributed by atoms with E-state index in [1.165, 1.54) is 186 Å². The van der Waals surface area contributed by atoms with E-state index in [1.807, 2.05) is 60.3 Å². The Morgan fingerprint density at radius 2 is 0.975 bits per heavy atom. The van der Waals surface area contributed by atoms with Crippen molar-refractivity contribution in [3.05, 3.63) is 312 Å². The van der Waals surface area contributed by atoms with E-state index in [0.717, 1.165) is 70.7 Å². The average Bonchev–Trinajstić information content (AvgIpc) is 1.60. The summed E-state index contributed by atoms with van der Waals surface area (Å²) in [7, 11) is -3.51. The highest BCUT2D eigenvalue weighted by Gasteiger charge is 2.37. The summed E-state index contributed by atoms with van der Waals surface area (Å²) in [6, 6.07) is 84.8. The van der Waals surface area contributed by atoms with E-state index in [0.29, 0.717) is 30.7 Å². The number of thioether (sulfide) groups is 1. The minimum atomic E-state index is -3.43. The molecule has 0 atom stereocenters. The number of hydrogen-bond donors (Lipinski definition) is 3. The van der Waals surface area contributed by atoms with Crippen molar-refractivity contribution in [2.24, 2.45) is 0 Å². The monoisotopic (exact) mass is 1920 g/mol. The summed E-state index contributed by atoms with van der Waals surface area (Å²) < 4.78 is 65.7. The van der Waals surface area contributed by atoms with Crippen molar-refractivity contribution >= 4 is 178 Å². The Kier molecular flexibility index (Phi) is 38.8. The van der Waals surface area contributed by atoms with E-state index in [9.17, 15) is 21.6 Å². The first-order chi connectivity index (χ1) is 59.6. The number of hydrogen-bond acceptors (Lipinski definition) is 13. The fourth-order valence-electron chi connectivity index (χ4n) is 14.5. The van der Waals surface area contributed by atoms with Gasteiger partial charge in [0.15, 0.2) is 12.7 Å². The van der Waals surface area contributed by atoms with Gasteiger partial charge in [0.2, 0.25) is 26.9 Å². The summed E-state index contributed by atoms with van der Waals surface area (Å²) in [5, 5.41) is 20.8. The van der Waals surface area contributed by atoms with E-state index >= 15 is 0 Å². The van der Waals surface area contributed by atoms with Gasteiger partial charge in [0, 0.05) is 60.6 Å². The second-order valence-corrected chi connectivity index (χ2v) is 45.6. The van der Waals surface area contributed by atoms with Crippen molar-refractivity contribution in [3.8, 4) is 11.5 Å². The first-order valence-corrected chi connectivity index (χ1v) is 51.3. The molecule has 0 spiro atoms. The minimum absolute atomic E-state index is 0.136. The molecule has 13 aromatic rings. The minimum Gasteiger partial charge on any atom is -0.491 e. The molecule has 14 rings (SSSR count).